The molecule has 0 aromatic heterocycles. The zero-order valence-electron chi connectivity index (χ0n) is 25.9. The first kappa shape index (κ1) is 32.5. The van der Waals surface area contributed by atoms with Crippen LogP contribution >= 0.6 is 0 Å². The lowest BCUT2D eigenvalue weighted by atomic mass is 9.85. The van der Waals surface area contributed by atoms with E-state index in [0.717, 1.165) is 32.1 Å². The Kier molecular flexibility index (Phi) is 9.90. The fourth-order valence-corrected chi connectivity index (χ4v) is 5.70. The Balaban J connectivity index is 1.38. The zero-order valence-corrected chi connectivity index (χ0v) is 25.9. The highest BCUT2D eigenvalue weighted by atomic mass is 16.5. The van der Waals surface area contributed by atoms with E-state index in [1.807, 2.05) is 34.6 Å². The molecule has 4 aliphatic rings. The van der Waals surface area contributed by atoms with Crippen molar-refractivity contribution in [2.75, 3.05) is 19.7 Å². The molecule has 2 unspecified atom stereocenters. The number of nitrogens with zero attached hydrogens (tertiary/aromatic N) is 1. The smallest absolute Gasteiger partial charge is 0.407 e. The highest BCUT2D eigenvalue weighted by Crippen LogP contribution is 2.50. The minimum Gasteiger partial charge on any atom is -0.447 e. The Morgan fingerprint density at radius 3 is 2.16 bits per heavy atom. The van der Waals surface area contributed by atoms with E-state index in [1.54, 1.807) is 0 Å². The lowest BCUT2D eigenvalue weighted by Crippen LogP contribution is -2.61. The first-order valence-electron chi connectivity index (χ1n) is 15.6. The van der Waals surface area contributed by atoms with Crippen LogP contribution < -0.4 is 27.0 Å². The van der Waals surface area contributed by atoms with Crippen LogP contribution in [-0.2, 0) is 23.9 Å². The van der Waals surface area contributed by atoms with Gasteiger partial charge in [-0.3, -0.25) is 19.2 Å². The van der Waals surface area contributed by atoms with Crippen molar-refractivity contribution in [2.45, 2.75) is 97.3 Å². The minimum absolute atomic E-state index is 0.0283. The highest BCUT2D eigenvalue weighted by molar-refractivity contribution is 6.37. The average molecular weight is 605 g/mol. The van der Waals surface area contributed by atoms with Crippen LogP contribution in [0.15, 0.2) is 0 Å². The van der Waals surface area contributed by atoms with Crippen molar-refractivity contribution in [1.29, 1.82) is 0 Å². The molecule has 4 fully saturated rings. The van der Waals surface area contributed by atoms with Gasteiger partial charge in [-0.25, -0.2) is 9.59 Å². The summed E-state index contributed by atoms with van der Waals surface area (Å²) in [4.78, 5) is 78.3. The molecule has 6 atom stereocenters. The number of likely N-dealkylation sites (tertiary alicyclic amines) is 1. The molecule has 6 amide bonds. The van der Waals surface area contributed by atoms with Crippen LogP contribution in [0.5, 0.6) is 0 Å². The van der Waals surface area contributed by atoms with Crippen LogP contribution in [0.3, 0.4) is 0 Å². The Bertz CT molecular complexity index is 1110. The molecule has 13 nitrogen and oxygen atoms in total. The summed E-state index contributed by atoms with van der Waals surface area (Å²) in [6.45, 7) is 10.2. The topological polar surface area (TPSA) is 189 Å². The largest absolute Gasteiger partial charge is 0.447 e. The molecule has 13 heteroatoms. The van der Waals surface area contributed by atoms with E-state index in [1.165, 1.54) is 4.90 Å². The van der Waals surface area contributed by atoms with Crippen molar-refractivity contribution in [3.8, 4) is 0 Å². The maximum absolute atomic E-state index is 14.0. The van der Waals surface area contributed by atoms with E-state index in [9.17, 15) is 28.8 Å². The predicted molar refractivity (Wildman–Crippen MR) is 156 cm³/mol. The van der Waals surface area contributed by atoms with Gasteiger partial charge in [0, 0.05) is 13.1 Å². The summed E-state index contributed by atoms with van der Waals surface area (Å²) in [7, 11) is 0. The molecule has 1 heterocycles. The van der Waals surface area contributed by atoms with Crippen LogP contribution in [0.1, 0.15) is 73.1 Å². The summed E-state index contributed by atoms with van der Waals surface area (Å²) >= 11 is 0. The molecule has 1 saturated heterocycles. The Morgan fingerprint density at radius 2 is 1.60 bits per heavy atom. The maximum atomic E-state index is 14.0. The lowest BCUT2D eigenvalue weighted by Gasteiger charge is -2.37. The van der Waals surface area contributed by atoms with Crippen molar-refractivity contribution >= 4 is 35.6 Å². The van der Waals surface area contributed by atoms with Gasteiger partial charge >= 0.3 is 12.1 Å². The van der Waals surface area contributed by atoms with Crippen molar-refractivity contribution < 1.29 is 33.5 Å². The van der Waals surface area contributed by atoms with Gasteiger partial charge in [-0.2, -0.15) is 0 Å². The molecular formula is C30H48N6O7. The summed E-state index contributed by atoms with van der Waals surface area (Å²) in [5.41, 5.74) is 4.54. The van der Waals surface area contributed by atoms with Crippen molar-refractivity contribution in [2.24, 2.45) is 40.7 Å². The van der Waals surface area contributed by atoms with Gasteiger partial charge in [-0.1, -0.05) is 47.5 Å². The van der Waals surface area contributed by atoms with Gasteiger partial charge < -0.3 is 36.6 Å². The quantitative estimate of drug-likeness (QED) is 0.183. The van der Waals surface area contributed by atoms with E-state index >= 15 is 0 Å². The second-order valence-electron chi connectivity index (χ2n) is 14.3. The molecular weight excluding hydrogens is 556 g/mol. The Labute approximate surface area is 253 Å². The fraction of sp³-hybridized carbons (Fsp3) is 0.800. The van der Waals surface area contributed by atoms with E-state index < -0.39 is 65.2 Å². The molecule has 6 N–H and O–H groups in total. The van der Waals surface area contributed by atoms with Crippen molar-refractivity contribution in [3.05, 3.63) is 0 Å². The van der Waals surface area contributed by atoms with E-state index in [2.05, 4.69) is 21.3 Å². The lowest BCUT2D eigenvalue weighted by molar-refractivity contribution is -0.144. The number of amides is 6. The van der Waals surface area contributed by atoms with Crippen molar-refractivity contribution in [1.82, 2.24) is 26.2 Å². The van der Waals surface area contributed by atoms with Crippen LogP contribution in [0.2, 0.25) is 0 Å². The van der Waals surface area contributed by atoms with Crippen molar-refractivity contribution in [3.63, 3.8) is 0 Å². The normalized spacial score (nSPS) is 24.7. The molecule has 43 heavy (non-hydrogen) atoms. The van der Waals surface area contributed by atoms with E-state index in [-0.39, 0.29) is 30.3 Å². The number of nitrogens with one attached hydrogen (secondary N) is 4. The SMILES string of the molecule is CC(C)[C@@H](COC(=O)NCC1CC1)NC(=O)NC(C(=O)N1C[C@@H]2C[C@@H]2[C@H]1C(=O)NC(CC1CC1)C(=O)C(N)=O)C(C)(C)C. The number of fused-ring (bicyclic) bond motifs is 1. The first-order chi connectivity index (χ1) is 20.1. The summed E-state index contributed by atoms with van der Waals surface area (Å²) in [6, 6.07) is -3.87. The third kappa shape index (κ3) is 8.82. The average Bonchev–Trinajstić information content (AvgIpc) is 3.81. The van der Waals surface area contributed by atoms with Gasteiger partial charge in [0.05, 0.1) is 12.1 Å². The molecule has 0 aromatic rings. The number of piperidine rings is 1. The van der Waals surface area contributed by atoms with Crippen LogP contribution in [-0.4, -0.2) is 84.4 Å². The van der Waals surface area contributed by atoms with Crippen LogP contribution in [0, 0.1) is 35.0 Å². The van der Waals surface area contributed by atoms with Gasteiger partial charge in [-0.05, 0) is 60.7 Å². The molecule has 3 saturated carbocycles. The Hall–Kier alpha value is -3.38. The third-order valence-electron chi connectivity index (χ3n) is 8.98. The van der Waals surface area contributed by atoms with Gasteiger partial charge in [0.1, 0.15) is 18.7 Å². The Morgan fingerprint density at radius 1 is 0.953 bits per heavy atom. The molecule has 4 rings (SSSR count). The van der Waals surface area contributed by atoms with Gasteiger partial charge in [-0.15, -0.1) is 0 Å². The number of hydrogen-bond donors (Lipinski definition) is 5. The number of ether oxygens (including phenoxy) is 1. The van der Waals surface area contributed by atoms with Gasteiger partial charge in [0.15, 0.2) is 0 Å². The second kappa shape index (κ2) is 13.1. The third-order valence-corrected chi connectivity index (χ3v) is 8.98. The maximum Gasteiger partial charge on any atom is 0.407 e. The molecule has 1 aliphatic heterocycles. The number of hydrogen-bond acceptors (Lipinski definition) is 7. The zero-order chi connectivity index (χ0) is 31.6. The number of alkyl carbamates (subject to hydrolysis) is 1. The van der Waals surface area contributed by atoms with E-state index in [4.69, 9.17) is 10.5 Å². The van der Waals surface area contributed by atoms with Gasteiger partial charge in [0.2, 0.25) is 17.6 Å². The van der Waals surface area contributed by atoms with E-state index in [0.29, 0.717) is 25.4 Å². The summed E-state index contributed by atoms with van der Waals surface area (Å²) in [6.07, 6.45) is 4.66. The number of nitrogens with two attached hydrogens (primary N) is 1. The predicted octanol–water partition coefficient (Wildman–Crippen LogP) is 1.05. The first-order valence-corrected chi connectivity index (χ1v) is 15.6. The minimum atomic E-state index is -1.10. The second-order valence-corrected chi connectivity index (χ2v) is 14.3. The monoisotopic (exact) mass is 604 g/mol. The van der Waals surface area contributed by atoms with Gasteiger partial charge in [0.25, 0.3) is 5.91 Å². The summed E-state index contributed by atoms with van der Waals surface area (Å²) in [5, 5.41) is 11.1. The number of ketones is 1. The standard InChI is InChI=1S/C30H48N6O7/c1-15(2)21(14-43-29(42)32-12-17-8-9-17)34-28(41)35-24(30(3,4)5)27(40)36-13-18-11-19(18)22(36)26(39)33-20(10-16-6-7-16)23(37)25(31)38/h15-22,24H,6-14H2,1-5H3,(H2,31,38)(H,32,42)(H,33,39)(H2,34,35,41)/t18-,19-,20?,21+,22-,24?/m0/s1. The number of Topliss-reactive ketones (excluding diaryl/α,β-unsaturated/α-hetero) is 1. The summed E-state index contributed by atoms with van der Waals surface area (Å²) in [5.74, 6) is -1.98. The molecule has 0 spiro atoms. The molecule has 0 bridgehead atoms. The number of primary amides is 1. The molecule has 3 aliphatic carbocycles. The molecule has 240 valence electrons. The highest BCUT2D eigenvalue weighted by Gasteiger charge is 2.58. The van der Waals surface area contributed by atoms with Crippen LogP contribution in [0.4, 0.5) is 9.59 Å². The fourth-order valence-electron chi connectivity index (χ4n) is 5.70. The van der Waals surface area contributed by atoms with Crippen LogP contribution in [0.25, 0.3) is 0 Å². The molecule has 0 aromatic carbocycles. The number of carbonyl (C=O) groups excluding carboxylic acids is 6. The number of rotatable bonds is 14. The number of urea groups is 1. The molecule has 0 radical (unpaired) electrons. The summed E-state index contributed by atoms with van der Waals surface area (Å²) < 4.78 is 5.33. The number of carbonyl (C=O) groups is 6.